The molecule has 0 amide bonds. The number of halogens is 3. The Morgan fingerprint density at radius 2 is 1.97 bits per heavy atom. The van der Waals surface area contributed by atoms with Gasteiger partial charge in [-0.05, 0) is 59.9 Å². The number of pyridine rings is 1. The molecular weight excluding hydrogens is 439 g/mol. The first-order valence-corrected chi connectivity index (χ1v) is 10.4. The van der Waals surface area contributed by atoms with E-state index in [1.54, 1.807) is 4.68 Å². The van der Waals surface area contributed by atoms with Crippen LogP contribution in [-0.2, 0) is 18.1 Å². The van der Waals surface area contributed by atoms with E-state index in [9.17, 15) is 18.3 Å². The maximum absolute atomic E-state index is 12.8. The molecule has 2 aliphatic rings. The number of hydrogen-bond acceptors (Lipinski definition) is 7. The lowest BCUT2D eigenvalue weighted by molar-refractivity contribution is -0.772. The lowest BCUT2D eigenvalue weighted by Gasteiger charge is -2.26. The average molecular weight is 459 g/mol. The highest BCUT2D eigenvalue weighted by Crippen LogP contribution is 2.62. The van der Waals surface area contributed by atoms with E-state index in [1.807, 2.05) is 12.4 Å². The summed E-state index contributed by atoms with van der Waals surface area (Å²) in [5.41, 5.74) is 0.158. The quantitative estimate of drug-likeness (QED) is 0.354. The Morgan fingerprint density at radius 1 is 1.21 bits per heavy atom. The van der Waals surface area contributed by atoms with Gasteiger partial charge >= 0.3 is 12.1 Å². The van der Waals surface area contributed by atoms with Gasteiger partial charge in [-0.3, -0.25) is 9.51 Å². The summed E-state index contributed by atoms with van der Waals surface area (Å²) in [5, 5.41) is 18.4. The number of nitrogens with zero attached hydrogens (tertiary/aromatic N) is 6. The number of fused-ring (bicyclic) bond motifs is 2. The molecule has 0 aliphatic heterocycles. The van der Waals surface area contributed by atoms with Crippen molar-refractivity contribution in [2.75, 3.05) is 5.32 Å². The monoisotopic (exact) mass is 459 g/mol. The van der Waals surface area contributed by atoms with Gasteiger partial charge in [-0.1, -0.05) is 0 Å². The number of hydrogen-bond donors (Lipinski definition) is 1. The molecule has 12 heteroatoms. The smallest absolute Gasteiger partial charge is 0.433 e. The number of aliphatic imine (C=N–C) groups is 1. The van der Waals surface area contributed by atoms with Crippen LogP contribution in [-0.4, -0.2) is 26.2 Å². The van der Waals surface area contributed by atoms with Crippen molar-refractivity contribution in [3.8, 4) is 0 Å². The second-order valence-corrected chi connectivity index (χ2v) is 8.79. The molecule has 3 heterocycles. The van der Waals surface area contributed by atoms with Crippen LogP contribution in [0.2, 0.25) is 0 Å². The summed E-state index contributed by atoms with van der Waals surface area (Å²) >= 11 is 0. The van der Waals surface area contributed by atoms with Crippen LogP contribution in [0.25, 0.3) is 0 Å². The Kier molecular flexibility index (Phi) is 5.02. The van der Waals surface area contributed by atoms with Crippen molar-refractivity contribution in [3.05, 3.63) is 54.5 Å². The summed E-state index contributed by atoms with van der Waals surface area (Å²) in [6, 6.07) is 1.10. The summed E-state index contributed by atoms with van der Waals surface area (Å²) in [6.45, 7) is 0.627. The van der Waals surface area contributed by atoms with Crippen LogP contribution in [0.5, 0.6) is 0 Å². The number of alkyl halides is 3. The highest BCUT2D eigenvalue weighted by molar-refractivity contribution is 5.86. The zero-order chi connectivity index (χ0) is 23.1. The second kappa shape index (κ2) is 7.78. The van der Waals surface area contributed by atoms with Crippen molar-refractivity contribution in [1.82, 2.24) is 20.2 Å². The summed E-state index contributed by atoms with van der Waals surface area (Å²) in [6.07, 6.45) is 8.40. The molecule has 0 radical (unpaired) electrons. The number of anilines is 1. The molecule has 2 saturated carbocycles. The minimum atomic E-state index is -4.61. The van der Waals surface area contributed by atoms with E-state index >= 15 is 0 Å². The van der Waals surface area contributed by atoms with Crippen LogP contribution in [0.4, 0.5) is 24.7 Å². The van der Waals surface area contributed by atoms with Crippen molar-refractivity contribution >= 4 is 17.6 Å². The minimum absolute atomic E-state index is 0.0345. The second-order valence-electron chi connectivity index (χ2n) is 8.79. The Hall–Kier alpha value is -3.57. The summed E-state index contributed by atoms with van der Waals surface area (Å²) in [4.78, 5) is 15.3. The highest BCUT2D eigenvalue weighted by atomic mass is 19.4. The van der Waals surface area contributed by atoms with Crippen LogP contribution < -0.4 is 15.1 Å². The van der Waals surface area contributed by atoms with Gasteiger partial charge in [0.2, 0.25) is 5.27 Å². The van der Waals surface area contributed by atoms with Gasteiger partial charge in [0.25, 0.3) is 6.20 Å². The van der Waals surface area contributed by atoms with Gasteiger partial charge in [-0.15, -0.1) is 0 Å². The van der Waals surface area contributed by atoms with Crippen molar-refractivity contribution in [3.63, 3.8) is 0 Å². The lowest BCUT2D eigenvalue weighted by Crippen LogP contribution is -2.42. The molecule has 172 valence electrons. The molecule has 2 aliphatic carbocycles. The first kappa shape index (κ1) is 21.3. The van der Waals surface area contributed by atoms with E-state index in [2.05, 4.69) is 30.5 Å². The van der Waals surface area contributed by atoms with Crippen LogP contribution >= 0.6 is 0 Å². The molecule has 3 aromatic heterocycles. The highest BCUT2D eigenvalue weighted by Gasteiger charge is 2.57. The number of amidine groups is 1. The molecule has 0 saturated heterocycles. The summed E-state index contributed by atoms with van der Waals surface area (Å²) in [7, 11) is 0. The first-order valence-electron chi connectivity index (χ1n) is 10.4. The van der Waals surface area contributed by atoms with E-state index in [-0.39, 0.29) is 22.4 Å². The maximum Gasteiger partial charge on any atom is 0.433 e. The molecule has 9 nitrogen and oxygen atoms in total. The van der Waals surface area contributed by atoms with Crippen molar-refractivity contribution < 1.29 is 27.5 Å². The van der Waals surface area contributed by atoms with E-state index in [0.29, 0.717) is 6.54 Å². The fraction of sp³-hybridized carbons (Fsp3) is 0.429. The van der Waals surface area contributed by atoms with Gasteiger partial charge < -0.3 is 10.4 Å². The number of aromatic nitrogens is 5. The minimum Gasteiger partial charge on any atom is -0.846 e. The number of rotatable bonds is 5. The van der Waals surface area contributed by atoms with Crippen LogP contribution in [0.3, 0.4) is 0 Å². The summed E-state index contributed by atoms with van der Waals surface area (Å²) in [5.74, 6) is -0.0345. The fourth-order valence-electron chi connectivity index (χ4n) is 5.16. The molecule has 2 bridgehead atoms. The Bertz CT molecular complexity index is 1170. The third kappa shape index (κ3) is 4.24. The molecule has 2 fully saturated rings. The van der Waals surface area contributed by atoms with Crippen LogP contribution in [0.15, 0.2) is 52.8 Å². The Labute approximate surface area is 186 Å². The molecule has 5 rings (SSSR count). The third-order valence-electron chi connectivity index (χ3n) is 6.66. The number of nitrogens with one attached hydrogen (secondary N) is 1. The molecule has 1 N–H and O–H groups in total. The SMILES string of the molecule is [O-]C(=Nc1c[n+](CC23CCC(c4cncnc4)(CC2)C3)no1)Nc1ccnc(C(F)(F)F)c1. The normalized spacial score (nSPS) is 24.9. The maximum atomic E-state index is 12.8. The van der Waals surface area contributed by atoms with Gasteiger partial charge in [0.1, 0.15) is 12.0 Å². The van der Waals surface area contributed by atoms with Crippen molar-refractivity contribution in [2.24, 2.45) is 10.4 Å². The van der Waals surface area contributed by atoms with Crippen LogP contribution in [0.1, 0.15) is 43.4 Å². The predicted molar refractivity (Wildman–Crippen MR) is 106 cm³/mol. The summed E-state index contributed by atoms with van der Waals surface area (Å²) < 4.78 is 45.1. The molecule has 0 spiro atoms. The zero-order valence-electron chi connectivity index (χ0n) is 17.4. The largest absolute Gasteiger partial charge is 0.846 e. The van der Waals surface area contributed by atoms with Gasteiger partial charge in [0.15, 0.2) is 6.54 Å². The molecule has 3 aromatic rings. The van der Waals surface area contributed by atoms with Crippen LogP contribution in [0, 0.1) is 5.41 Å². The predicted octanol–water partition coefficient (Wildman–Crippen LogP) is 2.53. The van der Waals surface area contributed by atoms with Gasteiger partial charge in [-0.25, -0.2) is 15.0 Å². The van der Waals surface area contributed by atoms with Gasteiger partial charge in [0, 0.05) is 29.7 Å². The standard InChI is InChI=1S/C21H20F3N7O2/c22-21(23,24)16-7-15(1-6-27-16)28-18(32)29-17-10-31(30-33-17)12-19-2-4-20(11-19,5-3-19)14-8-25-13-26-9-14/h1,6-10,13H,2-5,11-12H2,(H-,27,28,29,30,32). The average Bonchev–Trinajstić information content (AvgIpc) is 3.48. The van der Waals surface area contributed by atoms with E-state index < -0.39 is 17.9 Å². The molecule has 0 atom stereocenters. The molecule has 33 heavy (non-hydrogen) atoms. The first-order chi connectivity index (χ1) is 15.8. The van der Waals surface area contributed by atoms with E-state index in [4.69, 9.17) is 4.52 Å². The zero-order valence-corrected chi connectivity index (χ0v) is 17.4. The lowest BCUT2D eigenvalue weighted by atomic mass is 9.78. The fourth-order valence-corrected chi connectivity index (χ4v) is 5.16. The van der Waals surface area contributed by atoms with Crippen molar-refractivity contribution in [2.45, 2.75) is 50.2 Å². The van der Waals surface area contributed by atoms with Gasteiger partial charge in [0.05, 0.1) is 6.02 Å². The Morgan fingerprint density at radius 3 is 2.70 bits per heavy atom. The van der Waals surface area contributed by atoms with E-state index in [1.165, 1.54) is 24.2 Å². The molecule has 0 unspecified atom stereocenters. The van der Waals surface area contributed by atoms with Gasteiger partial charge in [-0.2, -0.15) is 13.2 Å². The molecule has 0 aromatic carbocycles. The Balaban J connectivity index is 1.25. The van der Waals surface area contributed by atoms with E-state index in [0.717, 1.165) is 44.4 Å². The topological polar surface area (TPSA) is 116 Å². The molecular formula is C21H20F3N7O2. The third-order valence-corrected chi connectivity index (χ3v) is 6.66. The van der Waals surface area contributed by atoms with Crippen molar-refractivity contribution in [1.29, 1.82) is 0 Å².